The summed E-state index contributed by atoms with van der Waals surface area (Å²) in [5, 5.41) is 12.6. The van der Waals surface area contributed by atoms with Gasteiger partial charge in [-0.25, -0.2) is 9.78 Å². The molecule has 0 aliphatic carbocycles. The van der Waals surface area contributed by atoms with E-state index < -0.39 is 0 Å². The third-order valence-corrected chi connectivity index (χ3v) is 6.30. The molecule has 0 fully saturated rings. The highest BCUT2D eigenvalue weighted by atomic mass is 32.1. The van der Waals surface area contributed by atoms with Crippen LogP contribution in [0.1, 0.15) is 26.8 Å². The number of H-pyrrole nitrogens is 1. The van der Waals surface area contributed by atoms with Gasteiger partial charge in [0.25, 0.3) is 0 Å². The highest BCUT2D eigenvalue weighted by Gasteiger charge is 2.25. The summed E-state index contributed by atoms with van der Waals surface area (Å²) in [5.41, 5.74) is 6.68. The summed E-state index contributed by atoms with van der Waals surface area (Å²) in [6.45, 7) is 7.06. The summed E-state index contributed by atoms with van der Waals surface area (Å²) in [5.74, 6) is 0. The molecule has 0 spiro atoms. The number of fused-ring (bicyclic) bond motifs is 2. The zero-order valence-corrected chi connectivity index (χ0v) is 17.2. The number of amides is 2. The lowest BCUT2D eigenvalue weighted by Gasteiger charge is -2.28. The number of aryl methyl sites for hydroxylation is 3. The number of hydrogen-bond donors (Lipinski definition) is 2. The maximum Gasteiger partial charge on any atom is 0.322 e. The van der Waals surface area contributed by atoms with E-state index in [4.69, 9.17) is 0 Å². The lowest BCUT2D eigenvalue weighted by atomic mass is 10.0. The molecule has 4 heterocycles. The molecule has 0 unspecified atom stereocenters. The number of aromatic amines is 1. The van der Waals surface area contributed by atoms with Gasteiger partial charge in [0, 0.05) is 39.9 Å². The van der Waals surface area contributed by atoms with Crippen molar-refractivity contribution in [2.24, 2.45) is 0 Å². The normalized spacial score (nSPS) is 13.6. The second-order valence-electron chi connectivity index (χ2n) is 7.35. The monoisotopic (exact) mass is 404 g/mol. The van der Waals surface area contributed by atoms with Crippen molar-refractivity contribution < 1.29 is 4.79 Å². The lowest BCUT2D eigenvalue weighted by molar-refractivity contribution is 0.204. The number of pyridine rings is 1. The van der Waals surface area contributed by atoms with E-state index >= 15 is 0 Å². The first-order valence-corrected chi connectivity index (χ1v) is 10.2. The summed E-state index contributed by atoms with van der Waals surface area (Å²) >= 11 is 1.64. The van der Waals surface area contributed by atoms with Crippen LogP contribution in [-0.2, 0) is 13.1 Å². The molecule has 1 aromatic carbocycles. The van der Waals surface area contributed by atoms with Crippen LogP contribution in [0.15, 0.2) is 30.5 Å². The first-order chi connectivity index (χ1) is 14.0. The Kier molecular flexibility index (Phi) is 4.09. The standard InChI is InChI=1S/C21H20N6OS/c1-11-6-14(4-5-22-11)20-16-7-15-9-27(10-19-23-12(2)13(3)29-19)21(28)24-17(15)8-18(16)25-26-20/h4-8H,9-10H2,1-3H3,(H,24,28)(H,25,26). The Labute approximate surface area is 171 Å². The summed E-state index contributed by atoms with van der Waals surface area (Å²) in [6.07, 6.45) is 1.80. The second kappa shape index (κ2) is 6.66. The van der Waals surface area contributed by atoms with E-state index in [1.54, 1.807) is 22.4 Å². The first-order valence-electron chi connectivity index (χ1n) is 9.41. The van der Waals surface area contributed by atoms with Gasteiger partial charge in [0.05, 0.1) is 17.8 Å². The molecule has 3 aromatic heterocycles. The Morgan fingerprint density at radius 2 is 2.07 bits per heavy atom. The zero-order valence-electron chi connectivity index (χ0n) is 16.4. The SMILES string of the molecule is Cc1cc(-c2n[nH]c3cc4c(cc23)CN(Cc2nc(C)c(C)s2)C(=O)N4)ccn1. The molecule has 29 heavy (non-hydrogen) atoms. The van der Waals surface area contributed by atoms with Gasteiger partial charge in [-0.3, -0.25) is 10.1 Å². The molecule has 4 aromatic rings. The summed E-state index contributed by atoms with van der Waals surface area (Å²) < 4.78 is 0. The van der Waals surface area contributed by atoms with Crippen molar-refractivity contribution in [3.63, 3.8) is 0 Å². The fourth-order valence-electron chi connectivity index (χ4n) is 3.64. The molecule has 146 valence electrons. The summed E-state index contributed by atoms with van der Waals surface area (Å²) in [4.78, 5) is 24.4. The van der Waals surface area contributed by atoms with Crippen molar-refractivity contribution in [3.8, 4) is 11.3 Å². The highest BCUT2D eigenvalue weighted by molar-refractivity contribution is 7.11. The number of thiazole rings is 1. The van der Waals surface area contributed by atoms with Gasteiger partial charge in [0.15, 0.2) is 0 Å². The third kappa shape index (κ3) is 3.15. The third-order valence-electron chi connectivity index (χ3n) is 5.25. The van der Waals surface area contributed by atoms with Crippen LogP contribution in [0.25, 0.3) is 22.2 Å². The topological polar surface area (TPSA) is 86.8 Å². The van der Waals surface area contributed by atoms with E-state index in [1.807, 2.05) is 32.0 Å². The number of carbonyl (C=O) groups excluding carboxylic acids is 1. The van der Waals surface area contributed by atoms with Crippen molar-refractivity contribution in [1.82, 2.24) is 25.1 Å². The van der Waals surface area contributed by atoms with E-state index in [-0.39, 0.29) is 6.03 Å². The molecule has 1 aliphatic heterocycles. The maximum atomic E-state index is 12.6. The van der Waals surface area contributed by atoms with Gasteiger partial charge < -0.3 is 10.2 Å². The minimum Gasteiger partial charge on any atom is -0.313 e. The highest BCUT2D eigenvalue weighted by Crippen LogP contribution is 2.33. The zero-order chi connectivity index (χ0) is 20.1. The molecule has 0 saturated carbocycles. The average molecular weight is 404 g/mol. The van der Waals surface area contributed by atoms with E-state index in [0.717, 1.165) is 49.8 Å². The average Bonchev–Trinajstić information content (AvgIpc) is 3.23. The van der Waals surface area contributed by atoms with Gasteiger partial charge in [0.1, 0.15) is 10.7 Å². The number of carbonyl (C=O) groups is 1. The minimum atomic E-state index is -0.105. The van der Waals surface area contributed by atoms with Gasteiger partial charge in [-0.2, -0.15) is 5.10 Å². The van der Waals surface area contributed by atoms with Gasteiger partial charge in [-0.05, 0) is 50.6 Å². The Morgan fingerprint density at radius 3 is 2.83 bits per heavy atom. The molecule has 2 amide bonds. The number of anilines is 1. The molecule has 0 atom stereocenters. The van der Waals surface area contributed by atoms with Gasteiger partial charge in [0.2, 0.25) is 0 Å². The van der Waals surface area contributed by atoms with Crippen molar-refractivity contribution >= 4 is 34.0 Å². The van der Waals surface area contributed by atoms with Crippen LogP contribution in [-0.4, -0.2) is 31.1 Å². The number of nitrogens with zero attached hydrogens (tertiary/aromatic N) is 4. The van der Waals surface area contributed by atoms with E-state index in [2.05, 4.69) is 38.5 Å². The molecule has 1 aliphatic rings. The van der Waals surface area contributed by atoms with Crippen molar-refractivity contribution in [1.29, 1.82) is 0 Å². The fourth-order valence-corrected chi connectivity index (χ4v) is 4.59. The van der Waals surface area contributed by atoms with Crippen LogP contribution < -0.4 is 5.32 Å². The predicted octanol–water partition coefficient (Wildman–Crippen LogP) is 4.55. The molecule has 5 rings (SSSR count). The van der Waals surface area contributed by atoms with E-state index in [1.165, 1.54) is 4.88 Å². The summed E-state index contributed by atoms with van der Waals surface area (Å²) in [7, 11) is 0. The molecule has 0 saturated heterocycles. The predicted molar refractivity (Wildman–Crippen MR) is 114 cm³/mol. The largest absolute Gasteiger partial charge is 0.322 e. The van der Waals surface area contributed by atoms with Crippen LogP contribution in [0.2, 0.25) is 0 Å². The first kappa shape index (κ1) is 17.8. The van der Waals surface area contributed by atoms with Gasteiger partial charge in [-0.15, -0.1) is 11.3 Å². The van der Waals surface area contributed by atoms with Crippen LogP contribution >= 0.6 is 11.3 Å². The quantitative estimate of drug-likeness (QED) is 0.524. The molecule has 0 bridgehead atoms. The fraction of sp³-hybridized carbons (Fsp3) is 0.238. The maximum absolute atomic E-state index is 12.6. The van der Waals surface area contributed by atoms with Gasteiger partial charge >= 0.3 is 6.03 Å². The Hall–Kier alpha value is -3.26. The minimum absolute atomic E-state index is 0.105. The molecular weight excluding hydrogens is 384 g/mol. The van der Waals surface area contributed by atoms with Crippen molar-refractivity contribution in [2.75, 3.05) is 5.32 Å². The number of hydrogen-bond acceptors (Lipinski definition) is 5. The second-order valence-corrected chi connectivity index (χ2v) is 8.64. The molecule has 2 N–H and O–H groups in total. The van der Waals surface area contributed by atoms with Crippen LogP contribution in [0.5, 0.6) is 0 Å². The van der Waals surface area contributed by atoms with Crippen molar-refractivity contribution in [2.45, 2.75) is 33.9 Å². The number of urea groups is 1. The van der Waals surface area contributed by atoms with E-state index in [0.29, 0.717) is 13.1 Å². The Balaban J connectivity index is 1.51. The molecule has 0 radical (unpaired) electrons. The van der Waals surface area contributed by atoms with E-state index in [9.17, 15) is 4.79 Å². The number of rotatable bonds is 3. The van der Waals surface area contributed by atoms with Crippen LogP contribution in [0.3, 0.4) is 0 Å². The number of nitrogens with one attached hydrogen (secondary N) is 2. The smallest absolute Gasteiger partial charge is 0.313 e. The Bertz CT molecular complexity index is 1240. The van der Waals surface area contributed by atoms with Gasteiger partial charge in [-0.1, -0.05) is 0 Å². The molecular formula is C21H20N6OS. The van der Waals surface area contributed by atoms with Crippen LogP contribution in [0.4, 0.5) is 10.5 Å². The van der Waals surface area contributed by atoms with Crippen molar-refractivity contribution in [3.05, 3.63) is 57.3 Å². The molecule has 7 nitrogen and oxygen atoms in total. The lowest BCUT2D eigenvalue weighted by Crippen LogP contribution is -2.38. The summed E-state index contributed by atoms with van der Waals surface area (Å²) in [6, 6.07) is 7.96. The Morgan fingerprint density at radius 1 is 1.21 bits per heavy atom. The molecule has 8 heteroatoms. The van der Waals surface area contributed by atoms with Crippen LogP contribution in [0, 0.1) is 20.8 Å². The number of benzene rings is 1. The number of aromatic nitrogens is 4.